The first kappa shape index (κ1) is 21.7. The third kappa shape index (κ3) is 7.68. The van der Waals surface area contributed by atoms with E-state index in [2.05, 4.69) is 37.7 Å². The van der Waals surface area contributed by atoms with Crippen LogP contribution in [0, 0.1) is 5.41 Å². The van der Waals surface area contributed by atoms with Crippen molar-refractivity contribution in [3.05, 3.63) is 58.7 Å². The molecule has 1 aliphatic rings. The van der Waals surface area contributed by atoms with Gasteiger partial charge in [-0.15, -0.1) is 0 Å². The second-order valence-electron chi connectivity index (χ2n) is 7.42. The second-order valence-corrected chi connectivity index (χ2v) is 7.42. The molecule has 4 nitrogen and oxygen atoms in total. The van der Waals surface area contributed by atoms with Crippen molar-refractivity contribution in [3.8, 4) is 0 Å². The number of carbonyl (C=O) groups is 2. The van der Waals surface area contributed by atoms with Gasteiger partial charge in [0.1, 0.15) is 0 Å². The molecule has 0 spiro atoms. The molecule has 0 fully saturated rings. The number of carbonyl (C=O) groups excluding carboxylic acids is 1. The van der Waals surface area contributed by atoms with Gasteiger partial charge < -0.3 is 9.84 Å². The molecule has 0 saturated heterocycles. The summed E-state index contributed by atoms with van der Waals surface area (Å²) < 4.78 is 4.56. The van der Waals surface area contributed by atoms with Crippen LogP contribution in [-0.4, -0.2) is 23.7 Å². The normalized spacial score (nSPS) is 18.7. The average Bonchev–Trinajstić information content (AvgIpc) is 2.51. The number of ether oxygens (including phenoxy) is 1. The summed E-state index contributed by atoms with van der Waals surface area (Å²) in [6.07, 6.45) is 14.9. The molecule has 0 aromatic carbocycles. The standard InChI is InChI=1S/C22H30O4/c1-16(11-12-19-18(3)10-7-13-22(19,4)5)8-6-9-17(2)14-21(25)26-15-20(23)24/h6,8-9,11-12,14H,7,10,13,15H2,1-5H3,(H,23,24)/b9-6+,12-11+,16-8+,17-14+. The topological polar surface area (TPSA) is 63.6 Å². The Morgan fingerprint density at radius 2 is 1.88 bits per heavy atom. The van der Waals surface area contributed by atoms with E-state index in [1.807, 2.05) is 19.1 Å². The Hall–Kier alpha value is -2.36. The van der Waals surface area contributed by atoms with Gasteiger partial charge in [-0.2, -0.15) is 0 Å². The van der Waals surface area contributed by atoms with E-state index >= 15 is 0 Å². The Morgan fingerprint density at radius 3 is 2.50 bits per heavy atom. The van der Waals surface area contributed by atoms with Gasteiger partial charge in [0.15, 0.2) is 6.61 Å². The first-order valence-electron chi connectivity index (χ1n) is 8.92. The number of aliphatic carboxylic acids is 1. The molecule has 142 valence electrons. The van der Waals surface area contributed by atoms with Gasteiger partial charge in [-0.3, -0.25) is 0 Å². The Labute approximate surface area is 156 Å². The lowest BCUT2D eigenvalue weighted by Gasteiger charge is -2.32. The lowest BCUT2D eigenvalue weighted by molar-refractivity contribution is -0.151. The molecule has 0 radical (unpaired) electrons. The molecule has 0 heterocycles. The number of carboxylic acids is 1. The van der Waals surface area contributed by atoms with E-state index in [0.29, 0.717) is 5.57 Å². The lowest BCUT2D eigenvalue weighted by atomic mass is 9.72. The van der Waals surface area contributed by atoms with Crippen LogP contribution in [0.3, 0.4) is 0 Å². The van der Waals surface area contributed by atoms with Gasteiger partial charge >= 0.3 is 11.9 Å². The highest BCUT2D eigenvalue weighted by atomic mass is 16.5. The van der Waals surface area contributed by atoms with Crippen molar-refractivity contribution in [2.24, 2.45) is 5.41 Å². The zero-order valence-corrected chi connectivity index (χ0v) is 16.5. The van der Waals surface area contributed by atoms with Crippen LogP contribution < -0.4 is 0 Å². The minimum atomic E-state index is -1.17. The van der Waals surface area contributed by atoms with Gasteiger partial charge in [0.2, 0.25) is 0 Å². The molecule has 0 atom stereocenters. The molecule has 0 saturated carbocycles. The van der Waals surface area contributed by atoms with E-state index in [1.165, 1.54) is 36.5 Å². The molecule has 0 amide bonds. The minimum Gasteiger partial charge on any atom is -0.479 e. The SMILES string of the molecule is CC1=C(/C=C/C(C)=C/C=C/C(C)=C/C(=O)OCC(=O)O)C(C)(C)CCC1. The molecule has 1 rings (SSSR count). The van der Waals surface area contributed by atoms with E-state index < -0.39 is 18.5 Å². The Morgan fingerprint density at radius 1 is 1.19 bits per heavy atom. The molecule has 4 heteroatoms. The van der Waals surface area contributed by atoms with Gasteiger partial charge in [0.05, 0.1) is 0 Å². The first-order valence-corrected chi connectivity index (χ1v) is 8.92. The molecule has 0 aromatic heterocycles. The van der Waals surface area contributed by atoms with Crippen molar-refractivity contribution in [1.29, 1.82) is 0 Å². The van der Waals surface area contributed by atoms with Crippen LogP contribution in [0.2, 0.25) is 0 Å². The molecule has 26 heavy (non-hydrogen) atoms. The number of allylic oxidation sites excluding steroid dienone is 9. The molecule has 0 unspecified atom stereocenters. The van der Waals surface area contributed by atoms with E-state index in [1.54, 1.807) is 13.0 Å². The van der Waals surface area contributed by atoms with Gasteiger partial charge in [-0.1, -0.05) is 55.4 Å². The van der Waals surface area contributed by atoms with E-state index in [4.69, 9.17) is 5.11 Å². The summed E-state index contributed by atoms with van der Waals surface area (Å²) in [7, 11) is 0. The van der Waals surface area contributed by atoms with E-state index in [9.17, 15) is 9.59 Å². The van der Waals surface area contributed by atoms with Crippen LogP contribution in [0.15, 0.2) is 58.7 Å². The first-order chi connectivity index (χ1) is 12.1. The largest absolute Gasteiger partial charge is 0.479 e. The smallest absolute Gasteiger partial charge is 0.341 e. The van der Waals surface area contributed by atoms with Crippen LogP contribution in [0.1, 0.15) is 53.9 Å². The summed E-state index contributed by atoms with van der Waals surface area (Å²) in [4.78, 5) is 21.7. The third-order valence-corrected chi connectivity index (χ3v) is 4.46. The Balaban J connectivity index is 2.69. The lowest BCUT2D eigenvalue weighted by Crippen LogP contribution is -2.19. The number of hydrogen-bond donors (Lipinski definition) is 1. The Kier molecular flexibility index (Phi) is 8.30. The molecule has 0 aliphatic heterocycles. The van der Waals surface area contributed by atoms with Crippen LogP contribution in [-0.2, 0) is 14.3 Å². The van der Waals surface area contributed by atoms with Gasteiger partial charge in [-0.05, 0) is 56.6 Å². The summed E-state index contributed by atoms with van der Waals surface area (Å²) in [5.41, 5.74) is 4.94. The van der Waals surface area contributed by atoms with Crippen LogP contribution in [0.4, 0.5) is 0 Å². The maximum absolute atomic E-state index is 11.4. The fraction of sp³-hybridized carbons (Fsp3) is 0.455. The second kappa shape index (κ2) is 9.95. The van der Waals surface area contributed by atoms with Crippen molar-refractivity contribution in [2.45, 2.75) is 53.9 Å². The third-order valence-electron chi connectivity index (χ3n) is 4.46. The van der Waals surface area contributed by atoms with Crippen LogP contribution >= 0.6 is 0 Å². The molecule has 0 aromatic rings. The van der Waals surface area contributed by atoms with Crippen LogP contribution in [0.5, 0.6) is 0 Å². The predicted molar refractivity (Wildman–Crippen MR) is 105 cm³/mol. The molecule has 1 aliphatic carbocycles. The average molecular weight is 358 g/mol. The summed E-state index contributed by atoms with van der Waals surface area (Å²) in [5.74, 6) is -1.83. The Bertz CT molecular complexity index is 685. The van der Waals surface area contributed by atoms with Gasteiger partial charge in [-0.25, -0.2) is 9.59 Å². The van der Waals surface area contributed by atoms with Crippen molar-refractivity contribution in [1.82, 2.24) is 0 Å². The fourth-order valence-electron chi connectivity index (χ4n) is 3.04. The summed E-state index contributed by atoms with van der Waals surface area (Å²) in [5, 5.41) is 8.46. The number of carboxylic acid groups (broad SMARTS) is 1. The van der Waals surface area contributed by atoms with Crippen molar-refractivity contribution in [2.75, 3.05) is 6.61 Å². The summed E-state index contributed by atoms with van der Waals surface area (Å²) >= 11 is 0. The maximum atomic E-state index is 11.4. The van der Waals surface area contributed by atoms with E-state index in [0.717, 1.165) is 5.57 Å². The van der Waals surface area contributed by atoms with Gasteiger partial charge in [0, 0.05) is 6.08 Å². The highest BCUT2D eigenvalue weighted by Gasteiger charge is 2.26. The van der Waals surface area contributed by atoms with Crippen molar-refractivity contribution < 1.29 is 19.4 Å². The molecule has 1 N–H and O–H groups in total. The van der Waals surface area contributed by atoms with Gasteiger partial charge in [0.25, 0.3) is 0 Å². The minimum absolute atomic E-state index is 0.227. The molecule has 0 bridgehead atoms. The predicted octanol–water partition coefficient (Wildman–Crippen LogP) is 5.15. The highest BCUT2D eigenvalue weighted by Crippen LogP contribution is 2.40. The number of rotatable bonds is 7. The summed E-state index contributed by atoms with van der Waals surface area (Å²) in [6.45, 7) is 9.99. The molecular formula is C22H30O4. The van der Waals surface area contributed by atoms with Crippen molar-refractivity contribution >= 4 is 11.9 Å². The van der Waals surface area contributed by atoms with Crippen molar-refractivity contribution in [3.63, 3.8) is 0 Å². The monoisotopic (exact) mass is 358 g/mol. The zero-order valence-electron chi connectivity index (χ0n) is 16.5. The van der Waals surface area contributed by atoms with E-state index in [-0.39, 0.29) is 5.41 Å². The highest BCUT2D eigenvalue weighted by molar-refractivity contribution is 5.85. The van der Waals surface area contributed by atoms with Crippen LogP contribution in [0.25, 0.3) is 0 Å². The molecular weight excluding hydrogens is 328 g/mol. The fourth-order valence-corrected chi connectivity index (χ4v) is 3.04. The number of hydrogen-bond acceptors (Lipinski definition) is 3. The zero-order chi connectivity index (χ0) is 19.7. The summed E-state index contributed by atoms with van der Waals surface area (Å²) in [6, 6.07) is 0. The number of esters is 1. The quantitative estimate of drug-likeness (QED) is 0.388. The maximum Gasteiger partial charge on any atom is 0.341 e.